The molecular weight excluding hydrogens is 310 g/mol. The van der Waals surface area contributed by atoms with Gasteiger partial charge in [-0.3, -0.25) is 14.5 Å². The fraction of sp³-hybridized carbons (Fsp3) is 0.529. The molecule has 2 fully saturated rings. The van der Waals surface area contributed by atoms with Crippen molar-refractivity contribution in [1.29, 1.82) is 0 Å². The van der Waals surface area contributed by atoms with Gasteiger partial charge in [-0.25, -0.2) is 0 Å². The molecule has 0 aromatic heterocycles. The number of nitrogens with one attached hydrogen (secondary N) is 1. The van der Waals surface area contributed by atoms with Gasteiger partial charge in [-0.15, -0.1) is 0 Å². The van der Waals surface area contributed by atoms with Crippen LogP contribution in [-0.4, -0.2) is 80.2 Å². The molecule has 2 heterocycles. The Labute approximate surface area is 141 Å². The van der Waals surface area contributed by atoms with Crippen LogP contribution in [0, 0.1) is 0 Å². The lowest BCUT2D eigenvalue weighted by atomic mass is 9.90. The molecule has 1 N–H and O–H groups in total. The maximum absolute atomic E-state index is 12.2. The van der Waals surface area contributed by atoms with Gasteiger partial charge < -0.3 is 19.7 Å². The van der Waals surface area contributed by atoms with Gasteiger partial charge >= 0.3 is 0 Å². The first kappa shape index (κ1) is 16.7. The summed E-state index contributed by atoms with van der Waals surface area (Å²) in [7, 11) is 3.53. The first-order valence-electron chi connectivity index (χ1n) is 8.04. The third kappa shape index (κ3) is 3.37. The molecule has 1 atom stereocenters. The Bertz CT molecular complexity index is 601. The number of likely N-dealkylation sites (tertiary alicyclic amines) is 1. The number of benzene rings is 1. The predicted molar refractivity (Wildman–Crippen MR) is 87.7 cm³/mol. The second-order valence-corrected chi connectivity index (χ2v) is 6.39. The van der Waals surface area contributed by atoms with E-state index in [1.165, 1.54) is 0 Å². The van der Waals surface area contributed by atoms with Crippen molar-refractivity contribution in [2.24, 2.45) is 0 Å². The summed E-state index contributed by atoms with van der Waals surface area (Å²) in [6.07, 6.45) is 0. The van der Waals surface area contributed by atoms with Crippen molar-refractivity contribution in [3.8, 4) is 5.75 Å². The Morgan fingerprint density at radius 3 is 2.62 bits per heavy atom. The number of likely N-dealkylation sites (N-methyl/N-ethyl adjacent to an activating group) is 2. The van der Waals surface area contributed by atoms with Gasteiger partial charge in [0.1, 0.15) is 17.4 Å². The van der Waals surface area contributed by atoms with Crippen LogP contribution in [0.4, 0.5) is 0 Å². The van der Waals surface area contributed by atoms with Crippen LogP contribution in [0.5, 0.6) is 5.75 Å². The van der Waals surface area contributed by atoms with Crippen LogP contribution in [0.1, 0.15) is 0 Å². The van der Waals surface area contributed by atoms with E-state index < -0.39 is 0 Å². The average molecular weight is 333 g/mol. The van der Waals surface area contributed by atoms with E-state index in [1.54, 1.807) is 11.9 Å². The van der Waals surface area contributed by atoms with Gasteiger partial charge in [0.15, 0.2) is 6.61 Å². The van der Waals surface area contributed by atoms with Gasteiger partial charge in [0, 0.05) is 13.6 Å². The highest BCUT2D eigenvalue weighted by atomic mass is 16.5. The van der Waals surface area contributed by atoms with Gasteiger partial charge in [-0.2, -0.15) is 0 Å². The molecule has 1 spiro atoms. The van der Waals surface area contributed by atoms with Gasteiger partial charge in [0.25, 0.3) is 5.91 Å². The summed E-state index contributed by atoms with van der Waals surface area (Å²) in [6.45, 7) is 2.08. The van der Waals surface area contributed by atoms with Crippen LogP contribution in [0.25, 0.3) is 0 Å². The lowest BCUT2D eigenvalue weighted by Gasteiger charge is -2.54. The van der Waals surface area contributed by atoms with Gasteiger partial charge in [0.05, 0.1) is 19.7 Å². The van der Waals surface area contributed by atoms with E-state index in [4.69, 9.17) is 9.47 Å². The Kier molecular flexibility index (Phi) is 4.73. The normalized spacial score (nSPS) is 22.8. The number of para-hydroxylation sites is 1. The number of amides is 2. The average Bonchev–Trinajstić information content (AvgIpc) is 2.57. The molecule has 2 amide bonds. The van der Waals surface area contributed by atoms with Crippen molar-refractivity contribution in [3.05, 3.63) is 30.3 Å². The molecule has 7 heteroatoms. The SMILES string of the molecule is CNC(=O)C1COC2(CN(C(=O)COc3ccccc3)C2)CN1C. The minimum absolute atomic E-state index is 0.0246. The van der Waals surface area contributed by atoms with E-state index in [9.17, 15) is 9.59 Å². The van der Waals surface area contributed by atoms with Crippen LogP contribution in [0.3, 0.4) is 0 Å². The van der Waals surface area contributed by atoms with E-state index in [0.717, 1.165) is 0 Å². The fourth-order valence-electron chi connectivity index (χ4n) is 3.21. The molecule has 2 saturated heterocycles. The van der Waals surface area contributed by atoms with Crippen molar-refractivity contribution < 1.29 is 19.1 Å². The highest BCUT2D eigenvalue weighted by Gasteiger charge is 2.51. The third-order valence-corrected chi connectivity index (χ3v) is 4.58. The molecular formula is C17H23N3O4. The predicted octanol–water partition coefficient (Wildman–Crippen LogP) is -0.277. The largest absolute Gasteiger partial charge is 0.484 e. The highest BCUT2D eigenvalue weighted by Crippen LogP contribution is 2.30. The van der Waals surface area contributed by atoms with Crippen LogP contribution >= 0.6 is 0 Å². The summed E-state index contributed by atoms with van der Waals surface area (Å²) >= 11 is 0. The number of rotatable bonds is 4. The Morgan fingerprint density at radius 2 is 2.00 bits per heavy atom. The number of carbonyl (C=O) groups excluding carboxylic acids is 2. The number of nitrogens with zero attached hydrogens (tertiary/aromatic N) is 2. The monoisotopic (exact) mass is 333 g/mol. The molecule has 1 aromatic rings. The molecule has 7 nitrogen and oxygen atoms in total. The first-order chi connectivity index (χ1) is 11.5. The van der Waals surface area contributed by atoms with Crippen LogP contribution in [0.2, 0.25) is 0 Å². The third-order valence-electron chi connectivity index (χ3n) is 4.58. The fourth-order valence-corrected chi connectivity index (χ4v) is 3.21. The van der Waals surface area contributed by atoms with E-state index in [2.05, 4.69) is 5.32 Å². The summed E-state index contributed by atoms with van der Waals surface area (Å²) in [6, 6.07) is 9.01. The number of hydrogen-bond donors (Lipinski definition) is 1. The van der Waals surface area contributed by atoms with Crippen molar-refractivity contribution in [2.45, 2.75) is 11.6 Å². The van der Waals surface area contributed by atoms with Crippen LogP contribution in [-0.2, 0) is 14.3 Å². The van der Waals surface area contributed by atoms with Gasteiger partial charge in [0.2, 0.25) is 5.91 Å². The number of ether oxygens (including phenoxy) is 2. The Morgan fingerprint density at radius 1 is 1.29 bits per heavy atom. The van der Waals surface area contributed by atoms with Crippen molar-refractivity contribution in [2.75, 3.05) is 46.9 Å². The molecule has 130 valence electrons. The standard InChI is InChI=1S/C17H23N3O4/c1-18-16(22)14-8-24-17(10-19(14)2)11-20(12-17)15(21)9-23-13-6-4-3-5-7-13/h3-7,14H,8-12H2,1-2H3,(H,18,22). The van der Waals surface area contributed by atoms with Crippen LogP contribution in [0.15, 0.2) is 30.3 Å². The van der Waals surface area contributed by atoms with E-state index in [1.807, 2.05) is 42.3 Å². The van der Waals surface area contributed by atoms with Crippen molar-refractivity contribution in [1.82, 2.24) is 15.1 Å². The smallest absolute Gasteiger partial charge is 0.260 e. The molecule has 3 rings (SSSR count). The molecule has 0 bridgehead atoms. The van der Waals surface area contributed by atoms with Crippen molar-refractivity contribution >= 4 is 11.8 Å². The molecule has 0 radical (unpaired) electrons. The molecule has 1 aromatic carbocycles. The number of morpholine rings is 1. The van der Waals surface area contributed by atoms with Crippen molar-refractivity contribution in [3.63, 3.8) is 0 Å². The quantitative estimate of drug-likeness (QED) is 0.821. The maximum Gasteiger partial charge on any atom is 0.260 e. The van der Waals surface area contributed by atoms with E-state index in [0.29, 0.717) is 32.0 Å². The zero-order valence-corrected chi connectivity index (χ0v) is 14.0. The second kappa shape index (κ2) is 6.78. The number of hydrogen-bond acceptors (Lipinski definition) is 5. The van der Waals surface area contributed by atoms with E-state index in [-0.39, 0.29) is 30.1 Å². The Balaban J connectivity index is 1.47. The topological polar surface area (TPSA) is 71.1 Å². The molecule has 2 aliphatic heterocycles. The molecule has 1 unspecified atom stereocenters. The zero-order valence-electron chi connectivity index (χ0n) is 14.0. The minimum atomic E-state index is -0.359. The molecule has 0 aliphatic carbocycles. The summed E-state index contributed by atoms with van der Waals surface area (Å²) in [5, 5.41) is 2.65. The summed E-state index contributed by atoms with van der Waals surface area (Å²) in [5.74, 6) is 0.586. The first-order valence-corrected chi connectivity index (χ1v) is 8.04. The van der Waals surface area contributed by atoms with Gasteiger partial charge in [-0.1, -0.05) is 18.2 Å². The lowest BCUT2D eigenvalue weighted by Crippen LogP contribution is -2.73. The Hall–Kier alpha value is -2.12. The highest BCUT2D eigenvalue weighted by molar-refractivity contribution is 5.82. The minimum Gasteiger partial charge on any atom is -0.484 e. The molecule has 24 heavy (non-hydrogen) atoms. The summed E-state index contributed by atoms with van der Waals surface area (Å²) in [5.41, 5.74) is -0.359. The maximum atomic E-state index is 12.2. The summed E-state index contributed by atoms with van der Waals surface area (Å²) in [4.78, 5) is 27.7. The van der Waals surface area contributed by atoms with Gasteiger partial charge in [-0.05, 0) is 19.2 Å². The van der Waals surface area contributed by atoms with E-state index >= 15 is 0 Å². The molecule has 0 saturated carbocycles. The summed E-state index contributed by atoms with van der Waals surface area (Å²) < 4.78 is 11.4. The second-order valence-electron chi connectivity index (χ2n) is 6.39. The number of carbonyl (C=O) groups is 2. The van der Waals surface area contributed by atoms with Crippen LogP contribution < -0.4 is 10.1 Å². The lowest BCUT2D eigenvalue weighted by molar-refractivity contribution is -0.201. The zero-order chi connectivity index (χ0) is 17.2. The molecule has 2 aliphatic rings.